The third-order valence-corrected chi connectivity index (χ3v) is 4.90. The highest BCUT2D eigenvalue weighted by Crippen LogP contribution is 2.33. The minimum atomic E-state index is -3.34. The summed E-state index contributed by atoms with van der Waals surface area (Å²) in [6, 6.07) is 4.48. The monoisotopic (exact) mass is 382 g/mol. The number of H-pyrrole nitrogens is 1. The van der Waals surface area contributed by atoms with Crippen LogP contribution in [0.5, 0.6) is 11.6 Å². The number of nitrogens with zero attached hydrogens (tertiary/aromatic N) is 2. The van der Waals surface area contributed by atoms with Crippen molar-refractivity contribution in [3.05, 3.63) is 29.4 Å². The highest BCUT2D eigenvalue weighted by Gasteiger charge is 2.16. The maximum Gasteiger partial charge on any atom is 0.232 e. The van der Waals surface area contributed by atoms with E-state index in [1.807, 2.05) is 0 Å². The van der Waals surface area contributed by atoms with Crippen LogP contribution in [0.25, 0.3) is 11.0 Å². The van der Waals surface area contributed by atoms with Crippen molar-refractivity contribution in [3.63, 3.8) is 0 Å². The van der Waals surface area contributed by atoms with Gasteiger partial charge in [-0.25, -0.2) is 8.42 Å². The van der Waals surface area contributed by atoms with Gasteiger partial charge in [-0.3, -0.25) is 0 Å². The van der Waals surface area contributed by atoms with Crippen LogP contribution in [0.3, 0.4) is 0 Å². The summed E-state index contributed by atoms with van der Waals surface area (Å²) >= 11 is 6.09. The van der Waals surface area contributed by atoms with E-state index in [0.29, 0.717) is 33.4 Å². The SMILES string of the molecule is COc1cc(S(C)(=O)=O)ccc1Nc1nc(OC)c2c(Cl)c[nH]c2n1. The zero-order valence-corrected chi connectivity index (χ0v) is 15.2. The Kier molecular flexibility index (Phi) is 4.44. The second kappa shape index (κ2) is 6.41. The molecule has 2 N–H and O–H groups in total. The number of anilines is 2. The molecule has 0 saturated carbocycles. The molecule has 0 aliphatic rings. The normalized spacial score (nSPS) is 11.5. The molecule has 0 spiro atoms. The number of aromatic nitrogens is 3. The van der Waals surface area contributed by atoms with E-state index >= 15 is 0 Å². The van der Waals surface area contributed by atoms with E-state index in [2.05, 4.69) is 20.3 Å². The molecule has 0 atom stereocenters. The Hall–Kier alpha value is -2.52. The number of methoxy groups -OCH3 is 2. The Balaban J connectivity index is 2.04. The average molecular weight is 383 g/mol. The molecule has 0 amide bonds. The van der Waals surface area contributed by atoms with Crippen molar-refractivity contribution in [2.24, 2.45) is 0 Å². The van der Waals surface area contributed by atoms with Gasteiger partial charge in [-0.2, -0.15) is 9.97 Å². The molecule has 8 nitrogen and oxygen atoms in total. The molecule has 2 heterocycles. The summed E-state index contributed by atoms with van der Waals surface area (Å²) in [4.78, 5) is 11.7. The van der Waals surface area contributed by atoms with Gasteiger partial charge in [0.2, 0.25) is 11.8 Å². The predicted octanol–water partition coefficient (Wildman–Crippen LogP) is 2.78. The van der Waals surface area contributed by atoms with Gasteiger partial charge in [0.1, 0.15) is 11.4 Å². The zero-order valence-electron chi connectivity index (χ0n) is 13.6. The van der Waals surface area contributed by atoms with Gasteiger partial charge in [-0.15, -0.1) is 0 Å². The molecule has 0 aliphatic carbocycles. The summed E-state index contributed by atoms with van der Waals surface area (Å²) < 4.78 is 33.9. The van der Waals surface area contributed by atoms with Crippen LogP contribution < -0.4 is 14.8 Å². The third-order valence-electron chi connectivity index (χ3n) is 3.49. The van der Waals surface area contributed by atoms with Gasteiger partial charge in [-0.05, 0) is 12.1 Å². The van der Waals surface area contributed by atoms with Crippen molar-refractivity contribution in [2.75, 3.05) is 25.8 Å². The van der Waals surface area contributed by atoms with Crippen LogP contribution in [0.1, 0.15) is 0 Å². The Bertz CT molecular complexity index is 1050. The lowest BCUT2D eigenvalue weighted by Crippen LogP contribution is -2.03. The number of rotatable bonds is 5. The van der Waals surface area contributed by atoms with Crippen molar-refractivity contribution < 1.29 is 17.9 Å². The molecule has 0 saturated heterocycles. The number of hydrogen-bond acceptors (Lipinski definition) is 7. The molecule has 0 radical (unpaired) electrons. The predicted molar refractivity (Wildman–Crippen MR) is 94.8 cm³/mol. The molecule has 0 bridgehead atoms. The largest absolute Gasteiger partial charge is 0.495 e. The van der Waals surface area contributed by atoms with Gasteiger partial charge in [0.05, 0.1) is 35.2 Å². The summed E-state index contributed by atoms with van der Waals surface area (Å²) in [6.07, 6.45) is 2.72. The highest BCUT2D eigenvalue weighted by atomic mass is 35.5. The zero-order chi connectivity index (χ0) is 18.2. The van der Waals surface area contributed by atoms with Gasteiger partial charge >= 0.3 is 0 Å². The number of ether oxygens (including phenoxy) is 2. The second-order valence-corrected chi connectivity index (χ2v) is 7.60. The Morgan fingerprint density at radius 2 is 1.96 bits per heavy atom. The third kappa shape index (κ3) is 3.33. The van der Waals surface area contributed by atoms with Crippen molar-refractivity contribution in [1.29, 1.82) is 0 Å². The first-order valence-electron chi connectivity index (χ1n) is 7.07. The molecule has 0 unspecified atom stereocenters. The van der Waals surface area contributed by atoms with Crippen LogP contribution in [-0.2, 0) is 9.84 Å². The van der Waals surface area contributed by atoms with Gasteiger partial charge in [-0.1, -0.05) is 11.6 Å². The number of nitrogens with one attached hydrogen (secondary N) is 2. The fourth-order valence-corrected chi connectivity index (χ4v) is 3.15. The number of hydrogen-bond donors (Lipinski definition) is 2. The number of halogens is 1. The number of fused-ring (bicyclic) bond motifs is 1. The molecular formula is C15H15ClN4O4S. The van der Waals surface area contributed by atoms with E-state index in [1.165, 1.54) is 26.4 Å². The molecule has 25 heavy (non-hydrogen) atoms. The quantitative estimate of drug-likeness (QED) is 0.698. The van der Waals surface area contributed by atoms with Gasteiger partial charge in [0.15, 0.2) is 9.84 Å². The lowest BCUT2D eigenvalue weighted by molar-refractivity contribution is 0.403. The summed E-state index contributed by atoms with van der Waals surface area (Å²) in [5.74, 6) is 0.897. The summed E-state index contributed by atoms with van der Waals surface area (Å²) in [5.41, 5.74) is 1.01. The number of aromatic amines is 1. The summed E-state index contributed by atoms with van der Waals surface area (Å²) in [6.45, 7) is 0. The van der Waals surface area contributed by atoms with Crippen molar-refractivity contribution in [2.45, 2.75) is 4.90 Å². The van der Waals surface area contributed by atoms with Gasteiger partial charge < -0.3 is 19.8 Å². The minimum absolute atomic E-state index is 0.153. The molecule has 1 aromatic carbocycles. The summed E-state index contributed by atoms with van der Waals surface area (Å²) in [5, 5.41) is 4.02. The molecule has 3 rings (SSSR count). The van der Waals surface area contributed by atoms with E-state index in [1.54, 1.807) is 12.3 Å². The van der Waals surface area contributed by atoms with Gasteiger partial charge in [0, 0.05) is 18.5 Å². The van der Waals surface area contributed by atoms with E-state index in [-0.39, 0.29) is 10.8 Å². The fraction of sp³-hybridized carbons (Fsp3) is 0.200. The Morgan fingerprint density at radius 1 is 1.20 bits per heavy atom. The smallest absolute Gasteiger partial charge is 0.232 e. The van der Waals surface area contributed by atoms with Crippen LogP contribution in [0.2, 0.25) is 5.02 Å². The van der Waals surface area contributed by atoms with E-state index in [4.69, 9.17) is 21.1 Å². The van der Waals surface area contributed by atoms with Crippen LogP contribution >= 0.6 is 11.6 Å². The first-order chi connectivity index (χ1) is 11.8. The molecule has 10 heteroatoms. The van der Waals surface area contributed by atoms with Crippen LogP contribution in [-0.4, -0.2) is 43.8 Å². The fourth-order valence-electron chi connectivity index (χ4n) is 2.29. The molecule has 2 aromatic heterocycles. The number of sulfone groups is 1. The molecular weight excluding hydrogens is 368 g/mol. The lowest BCUT2D eigenvalue weighted by Gasteiger charge is -2.12. The van der Waals surface area contributed by atoms with Crippen LogP contribution in [0, 0.1) is 0 Å². The second-order valence-electron chi connectivity index (χ2n) is 5.18. The topological polar surface area (TPSA) is 106 Å². The maximum atomic E-state index is 11.7. The number of benzene rings is 1. The lowest BCUT2D eigenvalue weighted by atomic mass is 10.3. The van der Waals surface area contributed by atoms with Gasteiger partial charge in [0.25, 0.3) is 0 Å². The average Bonchev–Trinajstić information content (AvgIpc) is 2.94. The Labute approximate surface area is 149 Å². The van der Waals surface area contributed by atoms with E-state index in [0.717, 1.165) is 6.26 Å². The van der Waals surface area contributed by atoms with Crippen LogP contribution in [0.4, 0.5) is 11.6 Å². The molecule has 0 fully saturated rings. The first-order valence-corrected chi connectivity index (χ1v) is 9.34. The van der Waals surface area contributed by atoms with Crippen molar-refractivity contribution >= 4 is 44.1 Å². The van der Waals surface area contributed by atoms with E-state index in [9.17, 15) is 8.42 Å². The standard InChI is InChI=1S/C15H15ClN4O4S/c1-23-11-6-8(25(3,21)22)4-5-10(11)18-15-19-13-12(9(16)7-17-13)14(20-15)24-2/h4-7H,1-3H3,(H2,17,18,19,20). The molecule has 0 aliphatic heterocycles. The minimum Gasteiger partial charge on any atom is -0.495 e. The summed E-state index contributed by atoms with van der Waals surface area (Å²) in [7, 11) is -0.412. The molecule has 3 aromatic rings. The van der Waals surface area contributed by atoms with Crippen LogP contribution in [0.15, 0.2) is 29.3 Å². The molecule has 132 valence electrons. The maximum absolute atomic E-state index is 11.7. The highest BCUT2D eigenvalue weighted by molar-refractivity contribution is 7.90. The van der Waals surface area contributed by atoms with Crippen molar-refractivity contribution in [1.82, 2.24) is 15.0 Å². The Morgan fingerprint density at radius 3 is 2.60 bits per heavy atom. The van der Waals surface area contributed by atoms with Crippen molar-refractivity contribution in [3.8, 4) is 11.6 Å². The first kappa shape index (κ1) is 17.3. The van der Waals surface area contributed by atoms with E-state index < -0.39 is 9.84 Å².